The van der Waals surface area contributed by atoms with Crippen molar-refractivity contribution < 1.29 is 28.2 Å². The number of carbonyl (C=O) groups is 2. The second kappa shape index (κ2) is 11.2. The Kier molecular flexibility index (Phi) is 7.60. The smallest absolute Gasteiger partial charge is 0.255 e. The van der Waals surface area contributed by atoms with Gasteiger partial charge in [0, 0.05) is 37.8 Å². The second-order valence-corrected chi connectivity index (χ2v) is 9.74. The third kappa shape index (κ3) is 5.88. The number of halogens is 1. The van der Waals surface area contributed by atoms with Gasteiger partial charge in [0.15, 0.2) is 11.5 Å². The number of fused-ring (bicyclic) bond motifs is 5. The minimum absolute atomic E-state index is 0.0143. The maximum absolute atomic E-state index is 14.0. The van der Waals surface area contributed by atoms with Gasteiger partial charge in [-0.05, 0) is 55.2 Å². The summed E-state index contributed by atoms with van der Waals surface area (Å²) < 4.78 is 31.2. The van der Waals surface area contributed by atoms with Crippen molar-refractivity contribution in [2.75, 3.05) is 46.5 Å². The van der Waals surface area contributed by atoms with Crippen molar-refractivity contribution in [3.05, 3.63) is 58.9 Å². The van der Waals surface area contributed by atoms with Gasteiger partial charge in [0.05, 0.1) is 25.2 Å². The monoisotopic (exact) mass is 509 g/mol. The van der Waals surface area contributed by atoms with Crippen molar-refractivity contribution in [1.82, 2.24) is 15.5 Å². The molecule has 0 unspecified atom stereocenters. The number of rotatable bonds is 3. The number of amides is 2. The Hall–Kier alpha value is -3.59. The van der Waals surface area contributed by atoms with Crippen LogP contribution < -0.4 is 24.8 Å². The Morgan fingerprint density at radius 3 is 2.89 bits per heavy atom. The molecule has 37 heavy (non-hydrogen) atoms. The van der Waals surface area contributed by atoms with Gasteiger partial charge in [0.25, 0.3) is 5.91 Å². The fraction of sp³-hybridized carbons (Fsp3) is 0.429. The van der Waals surface area contributed by atoms with E-state index < -0.39 is 5.82 Å². The van der Waals surface area contributed by atoms with E-state index >= 15 is 0 Å². The SMILES string of the molecule is COc1cccc2c1OCC(CN1C[C@H]3CC[C@@H](C1)C(=O)NCCCOc1ccc(F)cc1C(=O)N3)=C2. The van der Waals surface area contributed by atoms with Crippen LogP contribution in [0.3, 0.4) is 0 Å². The van der Waals surface area contributed by atoms with Crippen LogP contribution in [-0.4, -0.2) is 69.3 Å². The minimum atomic E-state index is -0.491. The number of methoxy groups -OCH3 is 1. The van der Waals surface area contributed by atoms with Crippen LogP contribution in [0.25, 0.3) is 6.08 Å². The van der Waals surface area contributed by atoms with E-state index in [0.717, 1.165) is 16.9 Å². The topological polar surface area (TPSA) is 89.1 Å². The van der Waals surface area contributed by atoms with Gasteiger partial charge in [-0.25, -0.2) is 4.39 Å². The second-order valence-electron chi connectivity index (χ2n) is 9.74. The van der Waals surface area contributed by atoms with Crippen molar-refractivity contribution >= 4 is 17.9 Å². The van der Waals surface area contributed by atoms with Gasteiger partial charge in [-0.3, -0.25) is 14.5 Å². The molecule has 1 fully saturated rings. The van der Waals surface area contributed by atoms with E-state index in [1.807, 2.05) is 18.2 Å². The van der Waals surface area contributed by atoms with Crippen molar-refractivity contribution in [2.45, 2.75) is 25.3 Å². The molecule has 5 rings (SSSR count). The van der Waals surface area contributed by atoms with Gasteiger partial charge < -0.3 is 24.8 Å². The summed E-state index contributed by atoms with van der Waals surface area (Å²) in [6.45, 7) is 2.93. The number of benzene rings is 2. The van der Waals surface area contributed by atoms with Crippen LogP contribution in [0, 0.1) is 11.7 Å². The molecule has 3 aliphatic rings. The Bertz CT molecular complexity index is 1200. The fourth-order valence-electron chi connectivity index (χ4n) is 5.19. The maximum Gasteiger partial charge on any atom is 0.255 e. The summed E-state index contributed by atoms with van der Waals surface area (Å²) >= 11 is 0. The Balaban J connectivity index is 1.38. The summed E-state index contributed by atoms with van der Waals surface area (Å²) in [5.41, 5.74) is 2.21. The van der Waals surface area contributed by atoms with Crippen molar-refractivity contribution in [2.24, 2.45) is 5.92 Å². The average Bonchev–Trinajstić information content (AvgIpc) is 3.10. The zero-order valence-corrected chi connectivity index (χ0v) is 20.9. The number of nitrogens with one attached hydrogen (secondary N) is 2. The summed E-state index contributed by atoms with van der Waals surface area (Å²) in [5, 5.41) is 6.10. The molecule has 0 spiro atoms. The number of likely N-dealkylation sites (tertiary alicyclic amines) is 1. The number of carbonyl (C=O) groups excluding carboxylic acids is 2. The van der Waals surface area contributed by atoms with Crippen LogP contribution in [0.2, 0.25) is 0 Å². The van der Waals surface area contributed by atoms with Crippen LogP contribution in [-0.2, 0) is 4.79 Å². The average molecular weight is 510 g/mol. The van der Waals surface area contributed by atoms with Crippen LogP contribution >= 0.6 is 0 Å². The number of nitrogens with zero attached hydrogens (tertiary/aromatic N) is 1. The summed E-state index contributed by atoms with van der Waals surface area (Å²) in [7, 11) is 1.62. The molecular formula is C28H32FN3O5. The maximum atomic E-state index is 14.0. The van der Waals surface area contributed by atoms with Crippen LogP contribution in [0.5, 0.6) is 17.2 Å². The highest BCUT2D eigenvalue weighted by atomic mass is 19.1. The van der Waals surface area contributed by atoms with Gasteiger partial charge in [-0.1, -0.05) is 12.1 Å². The van der Waals surface area contributed by atoms with Crippen molar-refractivity contribution in [3.63, 3.8) is 0 Å². The van der Waals surface area contributed by atoms with E-state index in [1.54, 1.807) is 7.11 Å². The molecule has 3 heterocycles. The van der Waals surface area contributed by atoms with E-state index in [-0.39, 0.29) is 29.3 Å². The van der Waals surface area contributed by atoms with Crippen LogP contribution in [0.15, 0.2) is 42.0 Å². The highest BCUT2D eigenvalue weighted by Gasteiger charge is 2.31. The predicted octanol–water partition coefficient (Wildman–Crippen LogP) is 3.02. The molecule has 0 radical (unpaired) electrons. The molecule has 2 atom stereocenters. The number of hydrogen-bond donors (Lipinski definition) is 2. The lowest BCUT2D eigenvalue weighted by molar-refractivity contribution is -0.125. The van der Waals surface area contributed by atoms with Gasteiger partial charge >= 0.3 is 0 Å². The van der Waals surface area contributed by atoms with Crippen molar-refractivity contribution in [3.8, 4) is 17.2 Å². The van der Waals surface area contributed by atoms with E-state index in [0.29, 0.717) is 70.2 Å². The third-order valence-electron chi connectivity index (χ3n) is 7.01. The standard InChI is InChI=1S/C28H32FN3O5/c1-35-25-5-2-4-19-12-18(17-37-26(19)25)14-32-15-20-6-8-22(16-32)31-28(34)23-13-21(29)7-9-24(23)36-11-3-10-30-27(20)33/h2,4-5,7,9,12-13,20,22H,3,6,8,10-11,14-17H2,1H3,(H,30,33)(H,31,34)/t20-,22+/m0/s1. The normalized spacial score (nSPS) is 22.6. The molecule has 2 aromatic rings. The number of hydrogen-bond acceptors (Lipinski definition) is 6. The fourth-order valence-corrected chi connectivity index (χ4v) is 5.19. The molecule has 3 aliphatic heterocycles. The Morgan fingerprint density at radius 2 is 2.03 bits per heavy atom. The third-order valence-corrected chi connectivity index (χ3v) is 7.01. The minimum Gasteiger partial charge on any atom is -0.493 e. The molecule has 2 aromatic carbocycles. The Labute approximate surface area is 215 Å². The van der Waals surface area contributed by atoms with Gasteiger partial charge in [0.1, 0.15) is 18.2 Å². The first-order chi connectivity index (χ1) is 18.0. The van der Waals surface area contributed by atoms with Gasteiger partial charge in [0.2, 0.25) is 5.91 Å². The lowest BCUT2D eigenvalue weighted by atomic mass is 10.0. The first kappa shape index (κ1) is 25.1. The van der Waals surface area contributed by atoms with E-state index in [4.69, 9.17) is 14.2 Å². The quantitative estimate of drug-likeness (QED) is 0.662. The summed E-state index contributed by atoms with van der Waals surface area (Å²) in [6.07, 6.45) is 3.97. The predicted molar refractivity (Wildman–Crippen MR) is 136 cm³/mol. The molecule has 1 saturated heterocycles. The number of ether oxygens (including phenoxy) is 3. The largest absolute Gasteiger partial charge is 0.493 e. The molecule has 2 bridgehead atoms. The molecule has 2 amide bonds. The molecule has 0 aromatic heterocycles. The Morgan fingerprint density at radius 1 is 1.14 bits per heavy atom. The van der Waals surface area contributed by atoms with E-state index in [9.17, 15) is 14.0 Å². The first-order valence-corrected chi connectivity index (χ1v) is 12.7. The zero-order chi connectivity index (χ0) is 25.8. The van der Waals surface area contributed by atoms with Gasteiger partial charge in [-0.2, -0.15) is 0 Å². The first-order valence-electron chi connectivity index (χ1n) is 12.7. The highest BCUT2D eigenvalue weighted by Crippen LogP contribution is 2.35. The van der Waals surface area contributed by atoms with Crippen LogP contribution in [0.4, 0.5) is 4.39 Å². The summed E-state index contributed by atoms with van der Waals surface area (Å²) in [5.74, 6) is 0.707. The molecule has 0 aliphatic carbocycles. The number of para-hydroxylation sites is 1. The molecule has 2 N–H and O–H groups in total. The molecule has 8 nitrogen and oxygen atoms in total. The zero-order valence-electron chi connectivity index (χ0n) is 20.9. The molecule has 9 heteroatoms. The molecular weight excluding hydrogens is 477 g/mol. The molecule has 196 valence electrons. The highest BCUT2D eigenvalue weighted by molar-refractivity contribution is 5.97. The van der Waals surface area contributed by atoms with E-state index in [1.165, 1.54) is 18.2 Å². The molecule has 0 saturated carbocycles. The summed E-state index contributed by atoms with van der Waals surface area (Å²) in [6, 6.07) is 9.55. The van der Waals surface area contributed by atoms with Gasteiger partial charge in [-0.15, -0.1) is 0 Å². The van der Waals surface area contributed by atoms with Crippen LogP contribution in [0.1, 0.15) is 35.2 Å². The lowest BCUT2D eigenvalue weighted by Gasteiger charge is -2.29. The lowest BCUT2D eigenvalue weighted by Crippen LogP contribution is -2.44. The van der Waals surface area contributed by atoms with Crippen molar-refractivity contribution in [1.29, 1.82) is 0 Å². The van der Waals surface area contributed by atoms with E-state index in [2.05, 4.69) is 21.6 Å². The summed E-state index contributed by atoms with van der Waals surface area (Å²) in [4.78, 5) is 28.4.